The van der Waals surface area contributed by atoms with Gasteiger partial charge in [0.1, 0.15) is 11.6 Å². The number of benzene rings is 1. The number of anilines is 1. The van der Waals surface area contributed by atoms with Gasteiger partial charge < -0.3 is 14.9 Å². The molecule has 0 fully saturated rings. The lowest BCUT2D eigenvalue weighted by Gasteiger charge is -2.20. The normalized spacial score (nSPS) is 19.4. The first kappa shape index (κ1) is 16.0. The fourth-order valence-electron chi connectivity index (χ4n) is 2.45. The molecular weight excluding hydrogens is 306 g/mol. The number of amides is 1. The molecule has 1 amide bonds. The Morgan fingerprint density at radius 1 is 1.29 bits per heavy atom. The van der Waals surface area contributed by atoms with Gasteiger partial charge in [0.15, 0.2) is 0 Å². The van der Waals surface area contributed by atoms with E-state index in [0.29, 0.717) is 12.2 Å². The van der Waals surface area contributed by atoms with Crippen LogP contribution in [0.5, 0.6) is 5.75 Å². The molecule has 1 atom stereocenters. The van der Waals surface area contributed by atoms with Crippen LogP contribution in [0.4, 0.5) is 5.82 Å². The molecule has 1 aromatic carbocycles. The van der Waals surface area contributed by atoms with Gasteiger partial charge in [-0.05, 0) is 61.4 Å². The average Bonchev–Trinajstić information content (AvgIpc) is 2.99. The van der Waals surface area contributed by atoms with Crippen molar-refractivity contribution >= 4 is 17.4 Å². The van der Waals surface area contributed by atoms with Crippen molar-refractivity contribution < 1.29 is 14.4 Å². The van der Waals surface area contributed by atoms with E-state index in [1.54, 1.807) is 26.3 Å². The Morgan fingerprint density at radius 3 is 2.71 bits per heavy atom. The quantitative estimate of drug-likeness (QED) is 0.938. The molecule has 1 N–H and O–H groups in total. The predicted molar refractivity (Wildman–Crippen MR) is 91.2 cm³/mol. The number of ether oxygens (including phenoxy) is 1. The number of methoxy groups -OCH3 is 1. The van der Waals surface area contributed by atoms with E-state index in [2.05, 4.69) is 15.5 Å². The average molecular weight is 325 g/mol. The van der Waals surface area contributed by atoms with E-state index in [-0.39, 0.29) is 5.91 Å². The summed E-state index contributed by atoms with van der Waals surface area (Å²) < 4.78 is 5.14. The summed E-state index contributed by atoms with van der Waals surface area (Å²) in [6.45, 7) is 3.66. The molecule has 0 radical (unpaired) electrons. The molecule has 0 saturated carbocycles. The molecule has 0 unspecified atom stereocenters. The number of carbonyl (C=O) groups is 1. The van der Waals surface area contributed by atoms with Crippen LogP contribution >= 0.6 is 0 Å². The minimum atomic E-state index is -1.05. The maximum Gasteiger partial charge on any atom is 0.272 e. The number of hydrogen-bond acceptors (Lipinski definition) is 5. The van der Waals surface area contributed by atoms with Crippen molar-refractivity contribution in [3.05, 3.63) is 53.7 Å². The molecular formula is C18H19N3O3. The maximum atomic E-state index is 12.6. The number of pyridine rings is 1. The van der Waals surface area contributed by atoms with Crippen LogP contribution < -0.4 is 10.1 Å². The van der Waals surface area contributed by atoms with Crippen LogP contribution in [-0.4, -0.2) is 29.3 Å². The molecule has 0 bridgehead atoms. The number of aryl methyl sites for hydroxylation is 1. The molecule has 0 saturated heterocycles. The van der Waals surface area contributed by atoms with E-state index >= 15 is 0 Å². The summed E-state index contributed by atoms with van der Waals surface area (Å²) in [4.78, 5) is 22.1. The Labute approximate surface area is 140 Å². The molecule has 24 heavy (non-hydrogen) atoms. The number of nitrogens with zero attached hydrogens (tertiary/aromatic N) is 2. The van der Waals surface area contributed by atoms with Gasteiger partial charge in [0.25, 0.3) is 5.91 Å². The van der Waals surface area contributed by atoms with Crippen molar-refractivity contribution in [3.8, 4) is 5.75 Å². The van der Waals surface area contributed by atoms with E-state index < -0.39 is 5.60 Å². The van der Waals surface area contributed by atoms with Gasteiger partial charge in [-0.25, -0.2) is 4.98 Å². The summed E-state index contributed by atoms with van der Waals surface area (Å²) >= 11 is 0. The van der Waals surface area contributed by atoms with Gasteiger partial charge in [0.05, 0.1) is 12.8 Å². The third-order valence-electron chi connectivity index (χ3n) is 3.92. The second-order valence-corrected chi connectivity index (χ2v) is 5.94. The van der Waals surface area contributed by atoms with Crippen LogP contribution in [0.1, 0.15) is 24.5 Å². The van der Waals surface area contributed by atoms with Crippen LogP contribution in [0.15, 0.2) is 47.8 Å². The zero-order valence-electron chi connectivity index (χ0n) is 13.9. The number of nitrogens with one attached hydrogen (secondary N) is 1. The van der Waals surface area contributed by atoms with E-state index in [1.807, 2.05) is 37.3 Å². The second kappa shape index (κ2) is 6.31. The monoisotopic (exact) mass is 325 g/mol. The first-order valence-corrected chi connectivity index (χ1v) is 7.64. The zero-order chi connectivity index (χ0) is 17.2. The Balaban J connectivity index is 1.70. The Hall–Kier alpha value is -2.89. The first-order chi connectivity index (χ1) is 11.5. The van der Waals surface area contributed by atoms with Crippen LogP contribution in [0.2, 0.25) is 0 Å². The molecule has 6 heteroatoms. The Kier molecular flexibility index (Phi) is 4.20. The van der Waals surface area contributed by atoms with Gasteiger partial charge in [-0.15, -0.1) is 0 Å². The summed E-state index contributed by atoms with van der Waals surface area (Å²) in [5, 5.41) is 6.88. The number of rotatable bonds is 4. The van der Waals surface area contributed by atoms with Crippen molar-refractivity contribution in [3.63, 3.8) is 0 Å². The summed E-state index contributed by atoms with van der Waals surface area (Å²) in [6.07, 6.45) is 2.04. The van der Waals surface area contributed by atoms with Crippen LogP contribution in [0.3, 0.4) is 0 Å². The van der Waals surface area contributed by atoms with Gasteiger partial charge in [-0.1, -0.05) is 5.16 Å². The number of aromatic nitrogens is 1. The SMILES string of the molecule is COc1ccc(C2=NO[C@](C)(C(=O)Nc3cc(C)ccn3)C2)cc1. The van der Waals surface area contributed by atoms with Crippen LogP contribution in [-0.2, 0) is 9.63 Å². The van der Waals surface area contributed by atoms with Gasteiger partial charge in [0, 0.05) is 12.6 Å². The molecule has 1 aliphatic heterocycles. The number of carbonyl (C=O) groups excluding carboxylic acids is 1. The Bertz CT molecular complexity index is 786. The fourth-order valence-corrected chi connectivity index (χ4v) is 2.45. The molecule has 2 aromatic rings. The minimum Gasteiger partial charge on any atom is -0.497 e. The third kappa shape index (κ3) is 3.22. The molecule has 1 aromatic heterocycles. The lowest BCUT2D eigenvalue weighted by molar-refractivity contribution is -0.135. The molecule has 2 heterocycles. The largest absolute Gasteiger partial charge is 0.497 e. The summed E-state index contributed by atoms with van der Waals surface area (Å²) in [5.41, 5.74) is 1.60. The summed E-state index contributed by atoms with van der Waals surface area (Å²) in [7, 11) is 1.62. The van der Waals surface area contributed by atoms with Gasteiger partial charge in [-0.3, -0.25) is 4.79 Å². The number of oxime groups is 1. The maximum absolute atomic E-state index is 12.6. The predicted octanol–water partition coefficient (Wildman–Crippen LogP) is 2.92. The highest BCUT2D eigenvalue weighted by atomic mass is 16.7. The standard InChI is InChI=1S/C18H19N3O3/c1-12-8-9-19-16(10-12)20-17(22)18(2)11-15(21-24-18)13-4-6-14(23-3)7-5-13/h4-10H,11H2,1-3H3,(H,19,20,22)/t18-/m0/s1. The smallest absolute Gasteiger partial charge is 0.272 e. The summed E-state index contributed by atoms with van der Waals surface area (Å²) in [6, 6.07) is 11.2. The van der Waals surface area contributed by atoms with E-state index in [1.165, 1.54) is 0 Å². The third-order valence-corrected chi connectivity index (χ3v) is 3.92. The molecule has 0 aliphatic carbocycles. The van der Waals surface area contributed by atoms with Gasteiger partial charge in [-0.2, -0.15) is 0 Å². The van der Waals surface area contributed by atoms with Crippen LogP contribution in [0, 0.1) is 6.92 Å². The van der Waals surface area contributed by atoms with Gasteiger partial charge in [0.2, 0.25) is 5.60 Å². The molecule has 0 spiro atoms. The molecule has 1 aliphatic rings. The topological polar surface area (TPSA) is 72.8 Å². The highest BCUT2D eigenvalue weighted by molar-refractivity contribution is 6.07. The molecule has 6 nitrogen and oxygen atoms in total. The fraction of sp³-hybridized carbons (Fsp3) is 0.278. The zero-order valence-corrected chi connectivity index (χ0v) is 13.9. The molecule has 124 valence electrons. The van der Waals surface area contributed by atoms with Crippen molar-refractivity contribution in [2.45, 2.75) is 25.9 Å². The van der Waals surface area contributed by atoms with Crippen molar-refractivity contribution in [1.82, 2.24) is 4.98 Å². The second-order valence-electron chi connectivity index (χ2n) is 5.94. The first-order valence-electron chi connectivity index (χ1n) is 7.64. The van der Waals surface area contributed by atoms with Crippen molar-refractivity contribution in [2.75, 3.05) is 12.4 Å². The van der Waals surface area contributed by atoms with Gasteiger partial charge >= 0.3 is 0 Å². The van der Waals surface area contributed by atoms with E-state index in [0.717, 1.165) is 22.6 Å². The highest BCUT2D eigenvalue weighted by Crippen LogP contribution is 2.28. The van der Waals surface area contributed by atoms with Crippen molar-refractivity contribution in [2.24, 2.45) is 5.16 Å². The summed E-state index contributed by atoms with van der Waals surface area (Å²) in [5.74, 6) is 1.000. The number of hydrogen-bond donors (Lipinski definition) is 1. The van der Waals surface area contributed by atoms with Crippen molar-refractivity contribution in [1.29, 1.82) is 0 Å². The Morgan fingerprint density at radius 2 is 2.04 bits per heavy atom. The highest BCUT2D eigenvalue weighted by Gasteiger charge is 2.42. The lowest BCUT2D eigenvalue weighted by Crippen LogP contribution is -2.40. The minimum absolute atomic E-state index is 0.270. The van der Waals surface area contributed by atoms with E-state index in [9.17, 15) is 4.79 Å². The van der Waals surface area contributed by atoms with Crippen LogP contribution in [0.25, 0.3) is 0 Å². The lowest BCUT2D eigenvalue weighted by atomic mass is 9.95. The molecule has 3 rings (SSSR count). The van der Waals surface area contributed by atoms with E-state index in [4.69, 9.17) is 9.57 Å².